The molecule has 0 spiro atoms. The highest BCUT2D eigenvalue weighted by Crippen LogP contribution is 2.35. The van der Waals surface area contributed by atoms with Gasteiger partial charge in [-0.05, 0) is 32.4 Å². The third-order valence-corrected chi connectivity index (χ3v) is 4.78. The van der Waals surface area contributed by atoms with E-state index in [9.17, 15) is 5.11 Å². The molecule has 0 amide bonds. The predicted molar refractivity (Wildman–Crippen MR) is 101 cm³/mol. The number of H-pyrrole nitrogens is 1. The van der Waals surface area contributed by atoms with Crippen molar-refractivity contribution in [2.75, 3.05) is 0 Å². The van der Waals surface area contributed by atoms with Crippen LogP contribution in [0.2, 0.25) is 5.02 Å². The van der Waals surface area contributed by atoms with Crippen molar-refractivity contribution < 1.29 is 5.11 Å². The molecule has 26 heavy (non-hydrogen) atoms. The van der Waals surface area contributed by atoms with E-state index in [1.165, 1.54) is 0 Å². The number of aromatic hydroxyl groups is 1. The lowest BCUT2D eigenvalue weighted by Crippen LogP contribution is -1.93. The molecule has 130 valence electrons. The molecule has 0 bridgehead atoms. The number of fused-ring (bicyclic) bond motifs is 1. The number of aromatic nitrogens is 5. The van der Waals surface area contributed by atoms with E-state index in [2.05, 4.69) is 19.9 Å². The first-order valence-electron chi connectivity index (χ1n) is 8.08. The van der Waals surface area contributed by atoms with E-state index >= 15 is 0 Å². The quantitative estimate of drug-likeness (QED) is 0.550. The second kappa shape index (κ2) is 6.07. The van der Waals surface area contributed by atoms with Crippen LogP contribution in [-0.2, 0) is 0 Å². The van der Waals surface area contributed by atoms with Crippen LogP contribution in [0.4, 0.5) is 0 Å². The maximum atomic E-state index is 10.0. The summed E-state index contributed by atoms with van der Waals surface area (Å²) in [5.41, 5.74) is 5.90. The minimum absolute atomic E-state index is 0.227. The lowest BCUT2D eigenvalue weighted by molar-refractivity contribution is 0.471. The molecule has 0 aliphatic carbocycles. The SMILES string of the molecule is Cc1ncc(-c2[nH]c3ncc(-c4c(C)ccc(O)c4C)nc3c2Cl)cn1. The van der Waals surface area contributed by atoms with E-state index < -0.39 is 0 Å². The van der Waals surface area contributed by atoms with Gasteiger partial charge in [-0.15, -0.1) is 0 Å². The van der Waals surface area contributed by atoms with Gasteiger partial charge < -0.3 is 10.1 Å². The highest BCUT2D eigenvalue weighted by Gasteiger charge is 2.17. The van der Waals surface area contributed by atoms with Crippen LogP contribution in [0.5, 0.6) is 5.75 Å². The van der Waals surface area contributed by atoms with Gasteiger partial charge in [0, 0.05) is 29.1 Å². The molecule has 0 atom stereocenters. The van der Waals surface area contributed by atoms with Crippen molar-refractivity contribution in [3.05, 3.63) is 52.7 Å². The second-order valence-corrected chi connectivity index (χ2v) is 6.56. The van der Waals surface area contributed by atoms with Gasteiger partial charge in [-0.25, -0.2) is 19.9 Å². The molecule has 1 aromatic carbocycles. The number of nitrogens with zero attached hydrogens (tertiary/aromatic N) is 4. The Morgan fingerprint density at radius 3 is 2.46 bits per heavy atom. The number of aromatic amines is 1. The summed E-state index contributed by atoms with van der Waals surface area (Å²) in [6.07, 6.45) is 5.10. The van der Waals surface area contributed by atoms with Crippen molar-refractivity contribution in [1.29, 1.82) is 0 Å². The first-order valence-corrected chi connectivity index (χ1v) is 8.46. The Labute approximate surface area is 155 Å². The minimum Gasteiger partial charge on any atom is -0.508 e. The van der Waals surface area contributed by atoms with Gasteiger partial charge >= 0.3 is 0 Å². The average molecular weight is 366 g/mol. The summed E-state index contributed by atoms with van der Waals surface area (Å²) < 4.78 is 0. The van der Waals surface area contributed by atoms with Gasteiger partial charge in [0.1, 0.15) is 17.1 Å². The molecular formula is C19H16ClN5O. The molecule has 7 heteroatoms. The number of aryl methyl sites for hydroxylation is 2. The summed E-state index contributed by atoms with van der Waals surface area (Å²) in [4.78, 5) is 20.8. The highest BCUT2D eigenvalue weighted by molar-refractivity contribution is 6.37. The smallest absolute Gasteiger partial charge is 0.158 e. The zero-order valence-corrected chi connectivity index (χ0v) is 15.3. The van der Waals surface area contributed by atoms with Crippen molar-refractivity contribution in [2.45, 2.75) is 20.8 Å². The first kappa shape index (κ1) is 16.5. The van der Waals surface area contributed by atoms with Crippen molar-refractivity contribution >= 4 is 22.8 Å². The van der Waals surface area contributed by atoms with Gasteiger partial charge in [0.2, 0.25) is 0 Å². The van der Waals surface area contributed by atoms with Crippen molar-refractivity contribution in [1.82, 2.24) is 24.9 Å². The number of halogens is 1. The van der Waals surface area contributed by atoms with Crippen LogP contribution in [0.1, 0.15) is 17.0 Å². The monoisotopic (exact) mass is 365 g/mol. The normalized spacial score (nSPS) is 11.2. The van der Waals surface area contributed by atoms with Gasteiger partial charge in [-0.3, -0.25) is 0 Å². The molecule has 0 unspecified atom stereocenters. The van der Waals surface area contributed by atoms with Crippen LogP contribution in [0.25, 0.3) is 33.7 Å². The van der Waals surface area contributed by atoms with Crippen LogP contribution < -0.4 is 0 Å². The van der Waals surface area contributed by atoms with E-state index in [1.807, 2.05) is 26.8 Å². The fourth-order valence-corrected chi connectivity index (χ4v) is 3.28. The molecule has 2 N–H and O–H groups in total. The van der Waals surface area contributed by atoms with E-state index in [0.29, 0.717) is 33.4 Å². The number of hydrogen-bond acceptors (Lipinski definition) is 5. The maximum Gasteiger partial charge on any atom is 0.158 e. The Hall–Kier alpha value is -2.99. The van der Waals surface area contributed by atoms with E-state index in [-0.39, 0.29) is 5.75 Å². The Balaban J connectivity index is 1.90. The van der Waals surface area contributed by atoms with Crippen molar-refractivity contribution in [2.24, 2.45) is 0 Å². The van der Waals surface area contributed by atoms with Gasteiger partial charge in [-0.1, -0.05) is 17.7 Å². The Kier molecular flexibility index (Phi) is 3.85. The molecule has 3 aromatic heterocycles. The number of benzene rings is 1. The summed E-state index contributed by atoms with van der Waals surface area (Å²) >= 11 is 6.56. The molecule has 0 saturated heterocycles. The largest absolute Gasteiger partial charge is 0.508 e. The average Bonchev–Trinajstić information content (AvgIpc) is 2.96. The van der Waals surface area contributed by atoms with E-state index in [4.69, 9.17) is 16.6 Å². The molecule has 3 heterocycles. The summed E-state index contributed by atoms with van der Waals surface area (Å²) in [7, 11) is 0. The number of phenolic OH excluding ortho intramolecular Hbond substituents is 1. The van der Waals surface area contributed by atoms with Crippen molar-refractivity contribution in [3.63, 3.8) is 0 Å². The van der Waals surface area contributed by atoms with E-state index in [0.717, 1.165) is 22.3 Å². The summed E-state index contributed by atoms with van der Waals surface area (Å²) in [6.45, 7) is 5.66. The molecule has 0 radical (unpaired) electrons. The van der Waals surface area contributed by atoms with Crippen LogP contribution in [0.3, 0.4) is 0 Å². The zero-order valence-electron chi connectivity index (χ0n) is 14.5. The number of hydrogen-bond donors (Lipinski definition) is 2. The maximum absolute atomic E-state index is 10.0. The molecule has 0 fully saturated rings. The second-order valence-electron chi connectivity index (χ2n) is 6.19. The molecule has 6 nitrogen and oxygen atoms in total. The zero-order chi connectivity index (χ0) is 18.4. The van der Waals surface area contributed by atoms with E-state index in [1.54, 1.807) is 24.7 Å². The van der Waals surface area contributed by atoms with Gasteiger partial charge in [0.05, 0.1) is 22.6 Å². The summed E-state index contributed by atoms with van der Waals surface area (Å²) in [5.74, 6) is 0.916. The molecule has 0 aliphatic heterocycles. The van der Waals surface area contributed by atoms with Crippen LogP contribution >= 0.6 is 11.6 Å². The lowest BCUT2D eigenvalue weighted by atomic mass is 9.99. The predicted octanol–water partition coefficient (Wildman–Crippen LogP) is 4.37. The lowest BCUT2D eigenvalue weighted by Gasteiger charge is -2.10. The number of rotatable bonds is 2. The summed E-state index contributed by atoms with van der Waals surface area (Å²) in [5, 5.41) is 10.5. The first-order chi connectivity index (χ1) is 12.5. The fourth-order valence-electron chi connectivity index (χ4n) is 3.00. The summed E-state index contributed by atoms with van der Waals surface area (Å²) in [6, 6.07) is 3.54. The Morgan fingerprint density at radius 2 is 1.73 bits per heavy atom. The highest BCUT2D eigenvalue weighted by atomic mass is 35.5. The minimum atomic E-state index is 0.227. The molecule has 4 rings (SSSR count). The number of phenols is 1. The Bertz CT molecular complexity index is 1140. The van der Waals surface area contributed by atoms with Crippen LogP contribution in [0, 0.1) is 20.8 Å². The molecule has 0 saturated carbocycles. The van der Waals surface area contributed by atoms with Gasteiger partial charge in [0.25, 0.3) is 0 Å². The Morgan fingerprint density at radius 1 is 1.00 bits per heavy atom. The third-order valence-electron chi connectivity index (χ3n) is 4.41. The van der Waals surface area contributed by atoms with Crippen molar-refractivity contribution in [3.8, 4) is 28.3 Å². The van der Waals surface area contributed by atoms with Gasteiger partial charge in [0.15, 0.2) is 5.65 Å². The standard InChI is InChI=1S/C19H16ClN5O/c1-9-4-5-14(26)10(2)15(9)13-8-23-19-18(24-13)16(20)17(25-19)12-6-21-11(3)22-7-12/h4-8,26H,1-3H3,(H,23,25). The molecule has 4 aromatic rings. The molecular weight excluding hydrogens is 350 g/mol. The molecule has 0 aliphatic rings. The topological polar surface area (TPSA) is 87.6 Å². The number of nitrogens with one attached hydrogen (secondary N) is 1. The third kappa shape index (κ3) is 2.59. The van der Waals surface area contributed by atoms with Crippen LogP contribution in [-0.4, -0.2) is 30.0 Å². The van der Waals surface area contributed by atoms with Crippen LogP contribution in [0.15, 0.2) is 30.7 Å². The van der Waals surface area contributed by atoms with Gasteiger partial charge in [-0.2, -0.15) is 0 Å². The fraction of sp³-hybridized carbons (Fsp3) is 0.158.